The molecule has 1 aromatic carbocycles. The molecule has 0 aliphatic rings. The standard InChI is InChI=1S/C15H22N2O4/c1-4-10-7-6-8-11(5-2)13(10)17-15(21)16-12(9(3)18)14(19)20/h6-9,12,18H,4-5H2,1-3H3,(H,19,20)(H2,16,17,21). The van der Waals surface area contributed by atoms with Crippen molar-refractivity contribution in [3.8, 4) is 0 Å². The summed E-state index contributed by atoms with van der Waals surface area (Å²) < 4.78 is 0. The first-order valence-electron chi connectivity index (χ1n) is 6.99. The van der Waals surface area contributed by atoms with Crippen molar-refractivity contribution in [2.45, 2.75) is 45.8 Å². The Morgan fingerprint density at radius 2 is 1.71 bits per heavy atom. The van der Waals surface area contributed by atoms with Gasteiger partial charge in [-0.1, -0.05) is 32.0 Å². The van der Waals surface area contributed by atoms with E-state index >= 15 is 0 Å². The van der Waals surface area contributed by atoms with Crippen LogP contribution in [0, 0.1) is 0 Å². The number of benzene rings is 1. The number of para-hydroxylation sites is 1. The highest BCUT2D eigenvalue weighted by atomic mass is 16.4. The fourth-order valence-corrected chi connectivity index (χ4v) is 2.08. The lowest BCUT2D eigenvalue weighted by molar-refractivity contribution is -0.141. The SMILES string of the molecule is CCc1cccc(CC)c1NC(=O)NC(C(=O)O)C(C)O. The highest BCUT2D eigenvalue weighted by molar-refractivity contribution is 5.93. The lowest BCUT2D eigenvalue weighted by Gasteiger charge is -2.19. The Balaban J connectivity index is 2.90. The molecule has 1 rings (SSSR count). The molecule has 0 radical (unpaired) electrons. The van der Waals surface area contributed by atoms with Gasteiger partial charge in [-0.25, -0.2) is 9.59 Å². The van der Waals surface area contributed by atoms with Gasteiger partial charge in [0.2, 0.25) is 0 Å². The van der Waals surface area contributed by atoms with E-state index in [4.69, 9.17) is 5.11 Å². The third-order valence-corrected chi connectivity index (χ3v) is 3.27. The number of aliphatic carboxylic acids is 1. The topological polar surface area (TPSA) is 98.7 Å². The smallest absolute Gasteiger partial charge is 0.328 e. The number of amides is 2. The zero-order valence-corrected chi connectivity index (χ0v) is 12.5. The number of carbonyl (C=O) groups is 2. The molecule has 6 nitrogen and oxygen atoms in total. The molecule has 4 N–H and O–H groups in total. The number of anilines is 1. The molecule has 0 saturated heterocycles. The molecule has 0 aliphatic heterocycles. The Bertz CT molecular complexity index is 492. The van der Waals surface area contributed by atoms with E-state index in [-0.39, 0.29) is 0 Å². The molecule has 0 fully saturated rings. The second kappa shape index (κ2) is 7.64. The molecule has 0 saturated carbocycles. The summed E-state index contributed by atoms with van der Waals surface area (Å²) in [5, 5.41) is 23.3. The summed E-state index contributed by atoms with van der Waals surface area (Å²) in [6.45, 7) is 5.28. The van der Waals surface area contributed by atoms with Gasteiger partial charge in [-0.2, -0.15) is 0 Å². The van der Waals surface area contributed by atoms with Gasteiger partial charge in [0.25, 0.3) is 0 Å². The molecule has 116 valence electrons. The second-order valence-corrected chi connectivity index (χ2v) is 4.81. The van der Waals surface area contributed by atoms with Gasteiger partial charge in [-0.05, 0) is 30.9 Å². The number of aliphatic hydroxyl groups excluding tert-OH is 1. The zero-order chi connectivity index (χ0) is 16.0. The quantitative estimate of drug-likeness (QED) is 0.642. The van der Waals surface area contributed by atoms with Crippen molar-refractivity contribution in [3.63, 3.8) is 0 Å². The van der Waals surface area contributed by atoms with Crippen LogP contribution in [-0.4, -0.2) is 34.4 Å². The van der Waals surface area contributed by atoms with Crippen LogP contribution in [-0.2, 0) is 17.6 Å². The number of hydrogen-bond donors (Lipinski definition) is 4. The number of nitrogens with one attached hydrogen (secondary N) is 2. The highest BCUT2D eigenvalue weighted by Crippen LogP contribution is 2.22. The van der Waals surface area contributed by atoms with Gasteiger partial charge in [0, 0.05) is 5.69 Å². The normalized spacial score (nSPS) is 13.3. The largest absolute Gasteiger partial charge is 0.480 e. The van der Waals surface area contributed by atoms with Crippen molar-refractivity contribution < 1.29 is 19.8 Å². The van der Waals surface area contributed by atoms with Crippen molar-refractivity contribution in [2.75, 3.05) is 5.32 Å². The first-order valence-corrected chi connectivity index (χ1v) is 6.99. The molecule has 1 aromatic rings. The second-order valence-electron chi connectivity index (χ2n) is 4.81. The van der Waals surface area contributed by atoms with E-state index in [0.29, 0.717) is 5.69 Å². The van der Waals surface area contributed by atoms with Crippen LogP contribution in [0.3, 0.4) is 0 Å². The summed E-state index contributed by atoms with van der Waals surface area (Å²) in [6.07, 6.45) is 0.324. The van der Waals surface area contributed by atoms with Crippen LogP contribution in [0.5, 0.6) is 0 Å². The molecule has 0 spiro atoms. The molecule has 2 atom stereocenters. The minimum absolute atomic E-state index is 0.640. The highest BCUT2D eigenvalue weighted by Gasteiger charge is 2.25. The third-order valence-electron chi connectivity index (χ3n) is 3.27. The lowest BCUT2D eigenvalue weighted by Crippen LogP contribution is -2.49. The maximum atomic E-state index is 12.0. The summed E-state index contributed by atoms with van der Waals surface area (Å²) >= 11 is 0. The van der Waals surface area contributed by atoms with Gasteiger partial charge >= 0.3 is 12.0 Å². The van der Waals surface area contributed by atoms with Crippen molar-refractivity contribution in [3.05, 3.63) is 29.3 Å². The summed E-state index contributed by atoms with van der Waals surface area (Å²) in [4.78, 5) is 22.9. The van der Waals surface area contributed by atoms with Gasteiger partial charge in [0.05, 0.1) is 6.10 Å². The molecular weight excluding hydrogens is 272 g/mol. The van der Waals surface area contributed by atoms with E-state index in [1.165, 1.54) is 6.92 Å². The number of urea groups is 1. The predicted octanol–water partition coefficient (Wildman–Crippen LogP) is 1.77. The molecule has 0 heterocycles. The average Bonchev–Trinajstić information content (AvgIpc) is 2.44. The van der Waals surface area contributed by atoms with Crippen molar-refractivity contribution in [2.24, 2.45) is 0 Å². The van der Waals surface area contributed by atoms with Crippen LogP contribution in [0.15, 0.2) is 18.2 Å². The molecule has 6 heteroatoms. The van der Waals surface area contributed by atoms with Gasteiger partial charge in [-0.15, -0.1) is 0 Å². The maximum Gasteiger partial charge on any atom is 0.328 e. The van der Waals surface area contributed by atoms with E-state index in [2.05, 4.69) is 10.6 Å². The fourth-order valence-electron chi connectivity index (χ4n) is 2.08. The number of rotatable bonds is 6. The predicted molar refractivity (Wildman–Crippen MR) is 80.5 cm³/mol. The molecule has 2 unspecified atom stereocenters. The van der Waals surface area contributed by atoms with Crippen LogP contribution in [0.1, 0.15) is 31.9 Å². The minimum Gasteiger partial charge on any atom is -0.480 e. The Labute approximate surface area is 124 Å². The van der Waals surface area contributed by atoms with Crippen LogP contribution >= 0.6 is 0 Å². The fraction of sp³-hybridized carbons (Fsp3) is 0.467. The van der Waals surface area contributed by atoms with Crippen LogP contribution in [0.2, 0.25) is 0 Å². The van der Waals surface area contributed by atoms with E-state index in [1.807, 2.05) is 32.0 Å². The lowest BCUT2D eigenvalue weighted by atomic mass is 10.0. The Kier molecular flexibility index (Phi) is 6.17. The molecule has 21 heavy (non-hydrogen) atoms. The monoisotopic (exact) mass is 294 g/mol. The van der Waals surface area contributed by atoms with Crippen molar-refractivity contribution in [1.29, 1.82) is 0 Å². The van der Waals surface area contributed by atoms with Gasteiger partial charge in [-0.3, -0.25) is 0 Å². The summed E-state index contributed by atoms with van der Waals surface area (Å²) in [5.74, 6) is -1.28. The van der Waals surface area contributed by atoms with Gasteiger partial charge in [0.1, 0.15) is 0 Å². The van der Waals surface area contributed by atoms with Crippen molar-refractivity contribution >= 4 is 17.7 Å². The average molecular weight is 294 g/mol. The number of aryl methyl sites for hydroxylation is 2. The van der Waals surface area contributed by atoms with Crippen LogP contribution < -0.4 is 10.6 Å². The Morgan fingerprint density at radius 1 is 1.19 bits per heavy atom. The molecule has 0 aromatic heterocycles. The Hall–Kier alpha value is -2.08. The molecule has 0 bridgehead atoms. The van der Waals surface area contributed by atoms with Crippen molar-refractivity contribution in [1.82, 2.24) is 5.32 Å². The van der Waals surface area contributed by atoms with E-state index in [9.17, 15) is 14.7 Å². The first-order chi connectivity index (χ1) is 9.90. The number of carboxylic acids is 1. The van der Waals surface area contributed by atoms with E-state index < -0.39 is 24.1 Å². The van der Waals surface area contributed by atoms with Crippen LogP contribution in [0.4, 0.5) is 10.5 Å². The Morgan fingerprint density at radius 3 is 2.10 bits per heavy atom. The van der Waals surface area contributed by atoms with Gasteiger partial charge < -0.3 is 20.8 Å². The van der Waals surface area contributed by atoms with E-state index in [0.717, 1.165) is 24.0 Å². The number of aliphatic hydroxyl groups is 1. The minimum atomic E-state index is -1.34. The summed E-state index contributed by atoms with van der Waals surface area (Å²) in [5.41, 5.74) is 2.66. The number of carbonyl (C=O) groups excluding carboxylic acids is 1. The summed E-state index contributed by atoms with van der Waals surface area (Å²) in [7, 11) is 0. The molecule has 2 amide bonds. The van der Waals surface area contributed by atoms with Gasteiger partial charge in [0.15, 0.2) is 6.04 Å². The summed E-state index contributed by atoms with van der Waals surface area (Å²) in [6, 6.07) is 3.77. The zero-order valence-electron chi connectivity index (χ0n) is 12.5. The van der Waals surface area contributed by atoms with Crippen LogP contribution in [0.25, 0.3) is 0 Å². The van der Waals surface area contributed by atoms with E-state index in [1.54, 1.807) is 0 Å². The molecule has 0 aliphatic carbocycles. The number of hydrogen-bond acceptors (Lipinski definition) is 3. The third kappa shape index (κ3) is 4.46. The maximum absolute atomic E-state index is 12.0. The first kappa shape index (κ1) is 17.0. The molecular formula is C15H22N2O4. The number of carboxylic acid groups (broad SMARTS) is 1.